The molecule has 1 atom stereocenters. The maximum atomic E-state index is 12.2. The largest absolute Gasteiger partial charge is 0.308 e. The van der Waals surface area contributed by atoms with Crippen molar-refractivity contribution in [2.24, 2.45) is 0 Å². The van der Waals surface area contributed by atoms with E-state index >= 15 is 0 Å². The summed E-state index contributed by atoms with van der Waals surface area (Å²) < 4.78 is 27.2. The lowest BCUT2D eigenvalue weighted by Gasteiger charge is -2.27. The molecule has 0 amide bonds. The van der Waals surface area contributed by atoms with E-state index in [-0.39, 0.29) is 11.8 Å². The van der Waals surface area contributed by atoms with Crippen LogP contribution in [0.5, 0.6) is 0 Å². The normalized spacial score (nSPS) is 17.9. The van der Waals surface area contributed by atoms with Crippen molar-refractivity contribution in [3.05, 3.63) is 71.3 Å². The molecule has 0 saturated carbocycles. The summed E-state index contributed by atoms with van der Waals surface area (Å²) in [5, 5.41) is 3.38. The van der Waals surface area contributed by atoms with Crippen LogP contribution in [0.3, 0.4) is 0 Å². The quantitative estimate of drug-likeness (QED) is 0.887. The molecule has 2 N–H and O–H groups in total. The van der Waals surface area contributed by atoms with Gasteiger partial charge in [-0.2, -0.15) is 0 Å². The highest BCUT2D eigenvalue weighted by molar-refractivity contribution is 7.88. The summed E-state index contributed by atoms with van der Waals surface area (Å²) in [6.45, 7) is 1.26. The minimum absolute atomic E-state index is 0.0161. The Labute approximate surface area is 131 Å². The Morgan fingerprint density at radius 1 is 1.05 bits per heavy atom. The van der Waals surface area contributed by atoms with Gasteiger partial charge >= 0.3 is 0 Å². The molecule has 0 aliphatic carbocycles. The maximum Gasteiger partial charge on any atom is 0.215 e. The van der Waals surface area contributed by atoms with Gasteiger partial charge in [0.05, 0.1) is 5.75 Å². The van der Waals surface area contributed by atoms with Crippen LogP contribution >= 0.6 is 0 Å². The maximum absolute atomic E-state index is 12.2. The highest BCUT2D eigenvalue weighted by atomic mass is 32.2. The first-order valence-corrected chi connectivity index (χ1v) is 9.12. The second-order valence-corrected chi connectivity index (χ2v) is 7.36. The molecular formula is C17H20N2O2S. The van der Waals surface area contributed by atoms with Gasteiger partial charge in [-0.15, -0.1) is 0 Å². The molecule has 0 saturated heterocycles. The third-order valence-electron chi connectivity index (χ3n) is 3.92. The number of fused-ring (bicyclic) bond motifs is 1. The van der Waals surface area contributed by atoms with E-state index in [0.29, 0.717) is 6.54 Å². The number of hydrogen-bond donors (Lipinski definition) is 2. The summed E-state index contributed by atoms with van der Waals surface area (Å²) in [6.07, 6.45) is 0.990. The van der Waals surface area contributed by atoms with Gasteiger partial charge in [-0.1, -0.05) is 54.6 Å². The Kier molecular flexibility index (Phi) is 4.57. The molecule has 1 aliphatic rings. The van der Waals surface area contributed by atoms with Crippen LogP contribution in [0.4, 0.5) is 0 Å². The molecule has 1 heterocycles. The zero-order valence-electron chi connectivity index (χ0n) is 12.3. The summed E-state index contributed by atoms with van der Waals surface area (Å²) >= 11 is 0. The molecule has 0 radical (unpaired) electrons. The molecule has 22 heavy (non-hydrogen) atoms. The Hall–Kier alpha value is -1.69. The van der Waals surface area contributed by atoms with Crippen molar-refractivity contribution in [2.75, 3.05) is 13.1 Å². The molecule has 3 rings (SSSR count). The van der Waals surface area contributed by atoms with E-state index in [0.717, 1.165) is 18.5 Å². The molecule has 0 bridgehead atoms. The zero-order valence-corrected chi connectivity index (χ0v) is 13.1. The average Bonchev–Trinajstić information content (AvgIpc) is 2.53. The second-order valence-electron chi connectivity index (χ2n) is 5.55. The number of sulfonamides is 1. The predicted octanol–water partition coefficient (Wildman–Crippen LogP) is 1.99. The molecular weight excluding hydrogens is 296 g/mol. The van der Waals surface area contributed by atoms with E-state index in [1.807, 2.05) is 42.5 Å². The Morgan fingerprint density at radius 2 is 1.77 bits per heavy atom. The molecule has 2 aromatic carbocycles. The van der Waals surface area contributed by atoms with Crippen molar-refractivity contribution >= 4 is 10.0 Å². The fourth-order valence-corrected chi connectivity index (χ4v) is 3.98. The van der Waals surface area contributed by atoms with Crippen LogP contribution in [-0.4, -0.2) is 21.5 Å². The van der Waals surface area contributed by atoms with E-state index in [2.05, 4.69) is 22.2 Å². The minimum atomic E-state index is -3.33. The van der Waals surface area contributed by atoms with E-state index in [1.54, 1.807) is 0 Å². The van der Waals surface area contributed by atoms with Gasteiger partial charge in [0.1, 0.15) is 0 Å². The van der Waals surface area contributed by atoms with Crippen LogP contribution in [-0.2, 0) is 22.2 Å². The lowest BCUT2D eigenvalue weighted by atomic mass is 9.95. The van der Waals surface area contributed by atoms with Crippen molar-refractivity contribution in [3.63, 3.8) is 0 Å². The molecule has 0 aromatic heterocycles. The predicted molar refractivity (Wildman–Crippen MR) is 88.0 cm³/mol. The van der Waals surface area contributed by atoms with E-state index in [9.17, 15) is 8.42 Å². The molecule has 1 unspecified atom stereocenters. The van der Waals surface area contributed by atoms with Crippen LogP contribution in [0, 0.1) is 0 Å². The highest BCUT2D eigenvalue weighted by Gasteiger charge is 2.21. The third kappa shape index (κ3) is 3.74. The first kappa shape index (κ1) is 15.2. The number of benzene rings is 2. The summed E-state index contributed by atoms with van der Waals surface area (Å²) in [5.74, 6) is 0.0161. The van der Waals surface area contributed by atoms with E-state index in [4.69, 9.17) is 0 Å². The Balaban J connectivity index is 1.65. The van der Waals surface area contributed by atoms with Crippen molar-refractivity contribution in [1.82, 2.24) is 10.0 Å². The molecule has 1 aliphatic heterocycles. The van der Waals surface area contributed by atoms with Gasteiger partial charge in [-0.3, -0.25) is 0 Å². The minimum Gasteiger partial charge on any atom is -0.308 e. The van der Waals surface area contributed by atoms with Gasteiger partial charge in [0, 0.05) is 12.6 Å². The zero-order chi connectivity index (χ0) is 15.4. The second kappa shape index (κ2) is 6.60. The van der Waals surface area contributed by atoms with Crippen molar-refractivity contribution in [1.29, 1.82) is 0 Å². The molecule has 2 aromatic rings. The van der Waals surface area contributed by atoms with Crippen LogP contribution in [0.15, 0.2) is 54.6 Å². The number of hydrogen-bond acceptors (Lipinski definition) is 3. The molecule has 116 valence electrons. The van der Waals surface area contributed by atoms with Crippen LogP contribution in [0.25, 0.3) is 0 Å². The molecule has 0 fully saturated rings. The number of rotatable bonds is 5. The van der Waals surface area contributed by atoms with Gasteiger partial charge in [0.2, 0.25) is 10.0 Å². The van der Waals surface area contributed by atoms with Crippen LogP contribution in [0.1, 0.15) is 22.7 Å². The Bertz CT molecular complexity index is 729. The first-order valence-electron chi connectivity index (χ1n) is 7.46. The Morgan fingerprint density at radius 3 is 2.59 bits per heavy atom. The average molecular weight is 316 g/mol. The van der Waals surface area contributed by atoms with E-state index in [1.165, 1.54) is 11.1 Å². The molecule has 5 heteroatoms. The lowest BCUT2D eigenvalue weighted by Crippen LogP contribution is -2.39. The molecule has 0 spiro atoms. The van der Waals surface area contributed by atoms with Crippen molar-refractivity contribution in [2.45, 2.75) is 18.2 Å². The summed E-state index contributed by atoms with van der Waals surface area (Å²) in [6, 6.07) is 17.5. The number of nitrogens with one attached hydrogen (secondary N) is 2. The lowest BCUT2D eigenvalue weighted by molar-refractivity contribution is 0.491. The SMILES string of the molecule is O=S(=O)(Cc1ccccc1)NCC1NCCc2ccccc21. The van der Waals surface area contributed by atoms with Gasteiger partial charge in [0.15, 0.2) is 0 Å². The monoisotopic (exact) mass is 316 g/mol. The third-order valence-corrected chi connectivity index (χ3v) is 5.24. The van der Waals surface area contributed by atoms with Gasteiger partial charge < -0.3 is 5.32 Å². The topological polar surface area (TPSA) is 58.2 Å². The summed E-state index contributed by atoms with van der Waals surface area (Å²) in [7, 11) is -3.33. The van der Waals surface area contributed by atoms with Crippen LogP contribution in [0.2, 0.25) is 0 Å². The smallest absolute Gasteiger partial charge is 0.215 e. The van der Waals surface area contributed by atoms with Crippen LogP contribution < -0.4 is 10.0 Å². The summed E-state index contributed by atoms with van der Waals surface area (Å²) in [5.41, 5.74) is 3.29. The van der Waals surface area contributed by atoms with Gasteiger partial charge in [-0.25, -0.2) is 13.1 Å². The highest BCUT2D eigenvalue weighted by Crippen LogP contribution is 2.22. The first-order chi connectivity index (χ1) is 10.6. The van der Waals surface area contributed by atoms with E-state index < -0.39 is 10.0 Å². The summed E-state index contributed by atoms with van der Waals surface area (Å²) in [4.78, 5) is 0. The van der Waals surface area contributed by atoms with Gasteiger partial charge in [-0.05, 0) is 29.7 Å². The van der Waals surface area contributed by atoms with Crippen molar-refractivity contribution < 1.29 is 8.42 Å². The standard InChI is InChI=1S/C17H20N2O2S/c20-22(21,13-14-6-2-1-3-7-14)19-12-17-16-9-5-4-8-15(16)10-11-18-17/h1-9,17-19H,10-13H2. The molecule has 4 nitrogen and oxygen atoms in total. The fraction of sp³-hybridized carbons (Fsp3) is 0.294. The fourth-order valence-electron chi connectivity index (χ4n) is 2.83. The van der Waals surface area contributed by atoms with Gasteiger partial charge in [0.25, 0.3) is 0 Å². The van der Waals surface area contributed by atoms with Crippen molar-refractivity contribution in [3.8, 4) is 0 Å².